The zero-order chi connectivity index (χ0) is 14.8. The predicted octanol–water partition coefficient (Wildman–Crippen LogP) is 4.66. The van der Waals surface area contributed by atoms with Gasteiger partial charge < -0.3 is 0 Å². The Kier molecular flexibility index (Phi) is 4.61. The van der Waals surface area contributed by atoms with Gasteiger partial charge in [-0.05, 0) is 22.9 Å². The van der Waals surface area contributed by atoms with Gasteiger partial charge in [-0.3, -0.25) is 4.99 Å². The van der Waals surface area contributed by atoms with Gasteiger partial charge in [-0.25, -0.2) is 4.99 Å². The van der Waals surface area contributed by atoms with Gasteiger partial charge in [-0.2, -0.15) is 0 Å². The van der Waals surface area contributed by atoms with Crippen LogP contribution in [0.25, 0.3) is 11.1 Å². The summed E-state index contributed by atoms with van der Waals surface area (Å²) in [7, 11) is 0. The maximum atomic E-state index is 4.59. The van der Waals surface area contributed by atoms with Crippen LogP contribution in [0.1, 0.15) is 11.1 Å². The standard InChI is InChI=1S/C20H13N2.Ir/c1-2-8-15(9-3-1)20-18-12-5-4-10-16(18)17-11-6-7-13-19(17)21-14-22-20;/h1-8,10-14H;/q-1;. The van der Waals surface area contributed by atoms with Crippen LogP contribution in [0.2, 0.25) is 0 Å². The third kappa shape index (κ3) is 2.94. The second-order valence-electron chi connectivity index (χ2n) is 5.06. The van der Waals surface area contributed by atoms with Gasteiger partial charge in [0, 0.05) is 25.7 Å². The number of hydrogen-bond donors (Lipinski definition) is 0. The molecular weight excluding hydrogens is 460 g/mol. The number of nitrogens with zero attached hydrogens (tertiary/aromatic N) is 2. The van der Waals surface area contributed by atoms with E-state index in [1.807, 2.05) is 54.6 Å². The molecule has 23 heavy (non-hydrogen) atoms. The molecule has 0 bridgehead atoms. The van der Waals surface area contributed by atoms with Crippen LogP contribution in [0, 0.1) is 6.07 Å². The molecule has 0 N–H and O–H groups in total. The summed E-state index contributed by atoms with van der Waals surface area (Å²) in [6, 6.07) is 27.6. The molecule has 0 spiro atoms. The van der Waals surface area contributed by atoms with Crippen LogP contribution in [0.3, 0.4) is 0 Å². The Morgan fingerprint density at radius 1 is 0.696 bits per heavy atom. The van der Waals surface area contributed by atoms with Gasteiger partial charge in [-0.1, -0.05) is 42.5 Å². The molecule has 3 aromatic carbocycles. The van der Waals surface area contributed by atoms with Crippen molar-refractivity contribution in [3.05, 3.63) is 90.0 Å². The summed E-state index contributed by atoms with van der Waals surface area (Å²) in [5, 5.41) is 0. The van der Waals surface area contributed by atoms with Crippen molar-refractivity contribution < 1.29 is 20.1 Å². The zero-order valence-corrected chi connectivity index (χ0v) is 14.6. The van der Waals surface area contributed by atoms with E-state index in [2.05, 4.69) is 34.3 Å². The van der Waals surface area contributed by atoms with Gasteiger partial charge in [0.15, 0.2) is 0 Å². The number of rotatable bonds is 1. The molecule has 0 saturated carbocycles. The Bertz CT molecular complexity index is 883. The van der Waals surface area contributed by atoms with E-state index < -0.39 is 0 Å². The van der Waals surface area contributed by atoms with Crippen molar-refractivity contribution in [1.29, 1.82) is 0 Å². The Morgan fingerprint density at radius 3 is 2.17 bits per heavy atom. The first-order valence-corrected chi connectivity index (χ1v) is 7.20. The van der Waals surface area contributed by atoms with Crippen molar-refractivity contribution in [2.75, 3.05) is 0 Å². The third-order valence-corrected chi connectivity index (χ3v) is 3.72. The van der Waals surface area contributed by atoms with Gasteiger partial charge in [0.05, 0.1) is 5.69 Å². The Hall–Kier alpha value is -2.35. The minimum Gasteiger partial charge on any atom is -0.285 e. The van der Waals surface area contributed by atoms with Crippen LogP contribution < -0.4 is 0 Å². The van der Waals surface area contributed by atoms with Gasteiger partial charge in [-0.15, -0.1) is 35.9 Å². The van der Waals surface area contributed by atoms with Crippen molar-refractivity contribution in [3.63, 3.8) is 0 Å². The first-order valence-electron chi connectivity index (χ1n) is 7.20. The number of hydrogen-bond acceptors (Lipinski definition) is 2. The molecule has 1 aliphatic rings. The second-order valence-corrected chi connectivity index (χ2v) is 5.06. The summed E-state index contributed by atoms with van der Waals surface area (Å²) >= 11 is 0. The molecule has 4 rings (SSSR count). The fourth-order valence-corrected chi connectivity index (χ4v) is 2.71. The average molecular weight is 474 g/mol. The molecule has 0 atom stereocenters. The molecular formula is C20H13IrN2-. The molecule has 1 heterocycles. The van der Waals surface area contributed by atoms with E-state index in [1.165, 1.54) is 0 Å². The van der Waals surface area contributed by atoms with Crippen molar-refractivity contribution >= 4 is 17.7 Å². The largest absolute Gasteiger partial charge is 0.285 e. The van der Waals surface area contributed by atoms with Gasteiger partial charge in [0.25, 0.3) is 0 Å². The zero-order valence-electron chi connectivity index (χ0n) is 12.2. The van der Waals surface area contributed by atoms with Crippen LogP contribution in [0.4, 0.5) is 5.69 Å². The van der Waals surface area contributed by atoms with Gasteiger partial charge in [0.1, 0.15) is 6.34 Å². The average Bonchev–Trinajstić information content (AvgIpc) is 2.58. The molecule has 0 aromatic heterocycles. The third-order valence-electron chi connectivity index (χ3n) is 3.72. The molecule has 3 heteroatoms. The van der Waals surface area contributed by atoms with E-state index in [-0.39, 0.29) is 20.1 Å². The van der Waals surface area contributed by atoms with Crippen molar-refractivity contribution in [3.8, 4) is 11.1 Å². The van der Waals surface area contributed by atoms with Crippen molar-refractivity contribution in [2.24, 2.45) is 9.98 Å². The number of fused-ring (bicyclic) bond motifs is 3. The van der Waals surface area contributed by atoms with E-state index in [9.17, 15) is 0 Å². The SMILES string of the molecule is [Ir].[c-]1ccccc1C1=NC=Nc2ccccc2-c2ccccc21. The van der Waals surface area contributed by atoms with Crippen LogP contribution in [-0.4, -0.2) is 12.1 Å². The minimum absolute atomic E-state index is 0. The van der Waals surface area contributed by atoms with Crippen LogP contribution in [0.5, 0.6) is 0 Å². The topological polar surface area (TPSA) is 24.7 Å². The molecule has 1 radical (unpaired) electrons. The first kappa shape index (κ1) is 15.5. The van der Waals surface area contributed by atoms with Crippen LogP contribution in [0.15, 0.2) is 82.8 Å². The second kappa shape index (κ2) is 6.82. The summed E-state index contributed by atoms with van der Waals surface area (Å²) in [4.78, 5) is 9.08. The normalized spacial score (nSPS) is 12.1. The van der Waals surface area contributed by atoms with Gasteiger partial charge in [0.2, 0.25) is 0 Å². The molecule has 0 unspecified atom stereocenters. The maximum absolute atomic E-state index is 4.59. The van der Waals surface area contributed by atoms with E-state index in [0.717, 1.165) is 33.7 Å². The van der Waals surface area contributed by atoms with E-state index in [0.29, 0.717) is 0 Å². The molecule has 1 aliphatic heterocycles. The van der Waals surface area contributed by atoms with E-state index >= 15 is 0 Å². The summed E-state index contributed by atoms with van der Waals surface area (Å²) in [5.74, 6) is 0. The molecule has 0 amide bonds. The Balaban J connectivity index is 0.00000156. The Labute approximate surface area is 149 Å². The van der Waals surface area contributed by atoms with Crippen molar-refractivity contribution in [1.82, 2.24) is 0 Å². The molecule has 0 fully saturated rings. The molecule has 2 nitrogen and oxygen atoms in total. The van der Waals surface area contributed by atoms with E-state index in [4.69, 9.17) is 0 Å². The van der Waals surface area contributed by atoms with Gasteiger partial charge >= 0.3 is 0 Å². The summed E-state index contributed by atoms with van der Waals surface area (Å²) in [6.45, 7) is 0. The Morgan fingerprint density at radius 2 is 1.39 bits per heavy atom. The molecule has 3 aromatic rings. The fraction of sp³-hybridized carbons (Fsp3) is 0. The van der Waals surface area contributed by atoms with Crippen molar-refractivity contribution in [2.45, 2.75) is 0 Å². The fourth-order valence-electron chi connectivity index (χ4n) is 2.71. The molecule has 113 valence electrons. The molecule has 0 saturated heterocycles. The monoisotopic (exact) mass is 474 g/mol. The van der Waals surface area contributed by atoms with Crippen LogP contribution in [-0.2, 0) is 20.1 Å². The summed E-state index contributed by atoms with van der Waals surface area (Å²) < 4.78 is 0. The van der Waals surface area contributed by atoms with E-state index in [1.54, 1.807) is 6.34 Å². The van der Waals surface area contributed by atoms with Crippen LogP contribution >= 0.6 is 0 Å². The molecule has 0 aliphatic carbocycles. The number of para-hydroxylation sites is 1. The minimum atomic E-state index is 0. The number of aliphatic imine (C=N–C) groups is 2. The first-order chi connectivity index (χ1) is 10.9. The quantitative estimate of drug-likeness (QED) is 0.460. The maximum Gasteiger partial charge on any atom is 0.106 e. The summed E-state index contributed by atoms with van der Waals surface area (Å²) in [6.07, 6.45) is 1.63. The predicted molar refractivity (Wildman–Crippen MR) is 90.9 cm³/mol. The number of benzene rings is 3. The summed E-state index contributed by atoms with van der Waals surface area (Å²) in [5.41, 5.74) is 6.18. The smallest absolute Gasteiger partial charge is 0.106 e.